The number of nitrogens with one attached hydrogen (secondary N) is 2. The third-order valence-corrected chi connectivity index (χ3v) is 4.83. The number of methoxy groups -OCH3 is 1. The van der Waals surface area contributed by atoms with E-state index in [1.165, 1.54) is 12.8 Å². The van der Waals surface area contributed by atoms with Gasteiger partial charge in [-0.3, -0.25) is 4.99 Å². The van der Waals surface area contributed by atoms with E-state index in [1.807, 2.05) is 37.3 Å². The Labute approximate surface area is 172 Å². The van der Waals surface area contributed by atoms with Crippen LogP contribution in [-0.4, -0.2) is 37.8 Å². The van der Waals surface area contributed by atoms with Crippen LogP contribution in [-0.2, 0) is 6.54 Å². The normalized spacial score (nSPS) is 14.5. The van der Waals surface area contributed by atoms with Crippen LogP contribution in [0.4, 0.5) is 5.69 Å². The molecule has 0 radical (unpaired) electrons. The van der Waals surface area contributed by atoms with Gasteiger partial charge in [-0.15, -0.1) is 0 Å². The molecule has 0 amide bonds. The maximum absolute atomic E-state index is 6.12. The number of pyridine rings is 1. The van der Waals surface area contributed by atoms with Gasteiger partial charge < -0.3 is 24.8 Å². The van der Waals surface area contributed by atoms with E-state index in [9.17, 15) is 0 Å². The van der Waals surface area contributed by atoms with Crippen LogP contribution >= 0.6 is 0 Å². The number of nitrogens with zero attached hydrogens (tertiary/aromatic N) is 2. The Morgan fingerprint density at radius 2 is 2.03 bits per heavy atom. The number of aliphatic imine (C=N–C) groups is 1. The lowest BCUT2D eigenvalue weighted by Crippen LogP contribution is -2.30. The molecule has 1 aromatic heterocycles. The maximum atomic E-state index is 6.12. The number of aromatic nitrogens is 1. The number of hydrogen-bond acceptors (Lipinski definition) is 5. The molecule has 1 aromatic carbocycles. The predicted octanol–water partition coefficient (Wildman–Crippen LogP) is 4.00. The van der Waals surface area contributed by atoms with Gasteiger partial charge in [0.2, 0.25) is 5.88 Å². The van der Waals surface area contributed by atoms with Gasteiger partial charge >= 0.3 is 0 Å². The van der Waals surface area contributed by atoms with Crippen molar-refractivity contribution in [2.75, 3.05) is 26.1 Å². The minimum Gasteiger partial charge on any atom is -0.493 e. The highest BCUT2D eigenvalue weighted by Gasteiger charge is 2.18. The van der Waals surface area contributed by atoms with Gasteiger partial charge in [-0.2, -0.15) is 0 Å². The molecule has 1 fully saturated rings. The monoisotopic (exact) mass is 398 g/mol. The number of rotatable bonds is 8. The van der Waals surface area contributed by atoms with Gasteiger partial charge in [0.25, 0.3) is 0 Å². The first-order chi connectivity index (χ1) is 14.2. The zero-order chi connectivity index (χ0) is 20.5. The van der Waals surface area contributed by atoms with Crippen LogP contribution in [0.1, 0.15) is 38.2 Å². The van der Waals surface area contributed by atoms with Crippen molar-refractivity contribution in [2.24, 2.45) is 4.99 Å². The molecule has 1 aliphatic carbocycles. The van der Waals surface area contributed by atoms with Crippen LogP contribution < -0.4 is 24.8 Å². The molecule has 0 atom stereocenters. The molecule has 1 aliphatic rings. The standard InChI is InChI=1S/C22H30N4O3/c1-4-28-19-12-11-17(14-20(19)27-3)26-22(23-2)25-15-16-8-7-13-24-21(16)29-18-9-5-6-10-18/h7-8,11-14,18H,4-6,9-10,15H2,1-3H3,(H2,23,25,26). The molecule has 0 bridgehead atoms. The van der Waals surface area contributed by atoms with E-state index < -0.39 is 0 Å². The molecule has 3 rings (SSSR count). The topological polar surface area (TPSA) is 77.0 Å². The lowest BCUT2D eigenvalue weighted by molar-refractivity contribution is 0.199. The van der Waals surface area contributed by atoms with Crippen molar-refractivity contribution in [3.63, 3.8) is 0 Å². The number of guanidine groups is 1. The van der Waals surface area contributed by atoms with E-state index in [2.05, 4.69) is 20.6 Å². The molecular weight excluding hydrogens is 368 g/mol. The van der Waals surface area contributed by atoms with Gasteiger partial charge in [0.15, 0.2) is 17.5 Å². The first kappa shape index (κ1) is 20.8. The van der Waals surface area contributed by atoms with Crippen LogP contribution in [0.15, 0.2) is 41.5 Å². The molecule has 0 unspecified atom stereocenters. The van der Waals surface area contributed by atoms with E-state index >= 15 is 0 Å². The fraction of sp³-hybridized carbons (Fsp3) is 0.455. The number of anilines is 1. The molecule has 0 spiro atoms. The van der Waals surface area contributed by atoms with Crippen molar-refractivity contribution in [2.45, 2.75) is 45.3 Å². The van der Waals surface area contributed by atoms with Crippen molar-refractivity contribution >= 4 is 11.6 Å². The molecule has 1 heterocycles. The average molecular weight is 399 g/mol. The minimum atomic E-state index is 0.275. The molecule has 29 heavy (non-hydrogen) atoms. The highest BCUT2D eigenvalue weighted by molar-refractivity contribution is 5.93. The second-order valence-corrected chi connectivity index (χ2v) is 6.84. The largest absolute Gasteiger partial charge is 0.493 e. The van der Waals surface area contributed by atoms with E-state index in [1.54, 1.807) is 20.4 Å². The van der Waals surface area contributed by atoms with Gasteiger partial charge in [0, 0.05) is 37.1 Å². The summed E-state index contributed by atoms with van der Waals surface area (Å²) >= 11 is 0. The van der Waals surface area contributed by atoms with Crippen molar-refractivity contribution < 1.29 is 14.2 Å². The van der Waals surface area contributed by atoms with Crippen molar-refractivity contribution in [3.8, 4) is 17.4 Å². The van der Waals surface area contributed by atoms with Crippen LogP contribution in [0.3, 0.4) is 0 Å². The zero-order valence-corrected chi connectivity index (χ0v) is 17.4. The molecule has 156 valence electrons. The average Bonchev–Trinajstić information content (AvgIpc) is 3.26. The van der Waals surface area contributed by atoms with E-state index in [0.717, 1.165) is 24.1 Å². The Morgan fingerprint density at radius 3 is 2.76 bits per heavy atom. The van der Waals surface area contributed by atoms with Gasteiger partial charge in [-0.25, -0.2) is 4.98 Å². The van der Waals surface area contributed by atoms with E-state index in [0.29, 0.717) is 36.5 Å². The van der Waals surface area contributed by atoms with Gasteiger partial charge in [-0.05, 0) is 50.8 Å². The molecule has 1 saturated carbocycles. The second-order valence-electron chi connectivity index (χ2n) is 6.84. The van der Waals surface area contributed by atoms with E-state index in [-0.39, 0.29) is 6.10 Å². The number of ether oxygens (including phenoxy) is 3. The Hall–Kier alpha value is -2.96. The number of benzene rings is 1. The lowest BCUT2D eigenvalue weighted by Gasteiger charge is -2.17. The second kappa shape index (κ2) is 10.5. The summed E-state index contributed by atoms with van der Waals surface area (Å²) in [5.74, 6) is 2.73. The molecular formula is C22H30N4O3. The Bertz CT molecular complexity index is 819. The fourth-order valence-corrected chi connectivity index (χ4v) is 3.34. The molecule has 2 aromatic rings. The summed E-state index contributed by atoms with van der Waals surface area (Å²) in [6, 6.07) is 9.64. The third-order valence-electron chi connectivity index (χ3n) is 4.83. The fourth-order valence-electron chi connectivity index (χ4n) is 3.34. The predicted molar refractivity (Wildman–Crippen MR) is 115 cm³/mol. The Balaban J connectivity index is 1.62. The SMILES string of the molecule is CCOc1ccc(NC(=NC)NCc2cccnc2OC2CCCC2)cc1OC. The van der Waals surface area contributed by atoms with Gasteiger partial charge in [0.1, 0.15) is 6.10 Å². The highest BCUT2D eigenvalue weighted by atomic mass is 16.5. The van der Waals surface area contributed by atoms with Crippen LogP contribution in [0.2, 0.25) is 0 Å². The molecule has 0 aliphatic heterocycles. The van der Waals surface area contributed by atoms with E-state index in [4.69, 9.17) is 14.2 Å². The van der Waals surface area contributed by atoms with Crippen LogP contribution in [0.25, 0.3) is 0 Å². The van der Waals surface area contributed by atoms with Gasteiger partial charge in [0.05, 0.1) is 13.7 Å². The summed E-state index contributed by atoms with van der Waals surface area (Å²) in [6.07, 6.45) is 6.71. The molecule has 7 nitrogen and oxygen atoms in total. The number of hydrogen-bond donors (Lipinski definition) is 2. The smallest absolute Gasteiger partial charge is 0.218 e. The summed E-state index contributed by atoms with van der Waals surface area (Å²) in [5.41, 5.74) is 1.86. The summed E-state index contributed by atoms with van der Waals surface area (Å²) in [4.78, 5) is 8.73. The minimum absolute atomic E-state index is 0.275. The van der Waals surface area contributed by atoms with Crippen molar-refractivity contribution in [1.82, 2.24) is 10.3 Å². The Kier molecular flexibility index (Phi) is 7.55. The zero-order valence-electron chi connectivity index (χ0n) is 17.4. The van der Waals surface area contributed by atoms with Crippen LogP contribution in [0.5, 0.6) is 17.4 Å². The summed E-state index contributed by atoms with van der Waals surface area (Å²) in [7, 11) is 3.36. The molecule has 7 heteroatoms. The summed E-state index contributed by atoms with van der Waals surface area (Å²) in [5, 5.41) is 6.60. The first-order valence-electron chi connectivity index (χ1n) is 10.1. The van der Waals surface area contributed by atoms with Crippen molar-refractivity contribution in [1.29, 1.82) is 0 Å². The lowest BCUT2D eigenvalue weighted by atomic mass is 10.2. The quantitative estimate of drug-likeness (QED) is 0.517. The molecule has 2 N–H and O–H groups in total. The van der Waals surface area contributed by atoms with Crippen LogP contribution in [0, 0.1) is 0 Å². The third kappa shape index (κ3) is 5.76. The van der Waals surface area contributed by atoms with Crippen molar-refractivity contribution in [3.05, 3.63) is 42.1 Å². The maximum Gasteiger partial charge on any atom is 0.218 e. The summed E-state index contributed by atoms with van der Waals surface area (Å²) < 4.78 is 17.1. The molecule has 0 saturated heterocycles. The summed E-state index contributed by atoms with van der Waals surface area (Å²) in [6.45, 7) is 3.09. The van der Waals surface area contributed by atoms with Gasteiger partial charge in [-0.1, -0.05) is 6.07 Å². The first-order valence-corrected chi connectivity index (χ1v) is 10.1. The Morgan fingerprint density at radius 1 is 1.21 bits per heavy atom. The highest BCUT2D eigenvalue weighted by Crippen LogP contribution is 2.30.